The number of nitro groups is 1. The Morgan fingerprint density at radius 2 is 2.24 bits per heavy atom. The highest BCUT2D eigenvalue weighted by molar-refractivity contribution is 5.50. The molecule has 2 rings (SSSR count). The van der Waals surface area contributed by atoms with E-state index in [0.29, 0.717) is 5.88 Å². The molecule has 88 valence electrons. The Balaban J connectivity index is 2.42. The van der Waals surface area contributed by atoms with E-state index in [4.69, 9.17) is 9.15 Å². The van der Waals surface area contributed by atoms with Crippen LogP contribution in [0.2, 0.25) is 0 Å². The van der Waals surface area contributed by atoms with E-state index in [9.17, 15) is 10.1 Å². The topological polar surface area (TPSA) is 91.3 Å². The highest BCUT2D eigenvalue weighted by Gasteiger charge is 2.15. The van der Waals surface area contributed by atoms with Crippen molar-refractivity contribution in [1.29, 1.82) is 0 Å². The lowest BCUT2D eigenvalue weighted by molar-refractivity contribution is -0.401. The summed E-state index contributed by atoms with van der Waals surface area (Å²) in [6.07, 6.45) is 1.56. The highest BCUT2D eigenvalue weighted by Crippen LogP contribution is 2.25. The van der Waals surface area contributed by atoms with Crippen LogP contribution in [-0.2, 0) is 0 Å². The van der Waals surface area contributed by atoms with E-state index in [1.807, 2.05) is 0 Å². The minimum absolute atomic E-state index is 0.231. The van der Waals surface area contributed by atoms with Gasteiger partial charge in [0.15, 0.2) is 11.6 Å². The van der Waals surface area contributed by atoms with Crippen molar-refractivity contribution in [2.75, 3.05) is 7.11 Å². The molecule has 0 aromatic carbocycles. The first-order chi connectivity index (χ1) is 8.11. The summed E-state index contributed by atoms with van der Waals surface area (Å²) < 4.78 is 10.0. The molecule has 0 spiro atoms. The van der Waals surface area contributed by atoms with Crippen LogP contribution >= 0.6 is 0 Å². The summed E-state index contributed by atoms with van der Waals surface area (Å²) in [6.45, 7) is 1.80. The number of ether oxygens (including phenoxy) is 1. The van der Waals surface area contributed by atoms with Crippen molar-refractivity contribution >= 4 is 5.88 Å². The average molecular weight is 235 g/mol. The van der Waals surface area contributed by atoms with E-state index in [1.54, 1.807) is 13.1 Å². The molecule has 0 unspecified atom stereocenters. The van der Waals surface area contributed by atoms with Crippen LogP contribution in [0.3, 0.4) is 0 Å². The average Bonchev–Trinajstić information content (AvgIpc) is 2.79. The van der Waals surface area contributed by atoms with E-state index < -0.39 is 4.92 Å². The molecule has 0 aliphatic heterocycles. The van der Waals surface area contributed by atoms with Gasteiger partial charge in [0.1, 0.15) is 4.92 Å². The van der Waals surface area contributed by atoms with E-state index in [2.05, 4.69) is 9.97 Å². The van der Waals surface area contributed by atoms with Gasteiger partial charge in [-0.3, -0.25) is 10.1 Å². The molecule has 0 aliphatic carbocycles. The van der Waals surface area contributed by atoms with Crippen LogP contribution in [0.1, 0.15) is 5.56 Å². The summed E-state index contributed by atoms with van der Waals surface area (Å²) in [7, 11) is 1.49. The molecule has 0 saturated heterocycles. The van der Waals surface area contributed by atoms with Crippen LogP contribution in [0.5, 0.6) is 5.88 Å². The van der Waals surface area contributed by atoms with Crippen LogP contribution in [0.15, 0.2) is 22.7 Å². The third-order valence-corrected chi connectivity index (χ3v) is 2.11. The Labute approximate surface area is 96.2 Å². The van der Waals surface area contributed by atoms with Gasteiger partial charge in [-0.15, -0.1) is 0 Å². The van der Waals surface area contributed by atoms with Gasteiger partial charge in [-0.05, 0) is 13.0 Å². The Bertz CT molecular complexity index is 564. The Hall–Kier alpha value is -2.44. The van der Waals surface area contributed by atoms with Crippen molar-refractivity contribution in [3.05, 3.63) is 34.0 Å². The first-order valence-corrected chi connectivity index (χ1v) is 4.74. The molecular weight excluding hydrogens is 226 g/mol. The van der Waals surface area contributed by atoms with Crippen molar-refractivity contribution < 1.29 is 14.1 Å². The number of aryl methyl sites for hydroxylation is 1. The molecular formula is C10H9N3O4. The number of hydrogen-bond acceptors (Lipinski definition) is 6. The van der Waals surface area contributed by atoms with Gasteiger partial charge in [-0.25, -0.2) is 4.98 Å². The van der Waals surface area contributed by atoms with E-state index in [0.717, 1.165) is 5.56 Å². The molecule has 2 aromatic rings. The normalized spacial score (nSPS) is 10.2. The fourth-order valence-electron chi connectivity index (χ4n) is 1.30. The minimum Gasteiger partial charge on any atom is -0.481 e. The molecule has 0 amide bonds. The zero-order valence-electron chi connectivity index (χ0n) is 9.21. The summed E-state index contributed by atoms with van der Waals surface area (Å²) >= 11 is 0. The van der Waals surface area contributed by atoms with Crippen LogP contribution in [0.25, 0.3) is 11.6 Å². The molecule has 0 fully saturated rings. The standard InChI is InChI=1S/C10H9N3O4/c1-6-5-11-9(12-10(6)16-2)7-3-4-8(17-7)13(14)15/h3-5H,1-2H3. The number of aromatic nitrogens is 2. The maximum absolute atomic E-state index is 10.5. The molecule has 2 aromatic heterocycles. The first kappa shape index (κ1) is 11.1. The van der Waals surface area contributed by atoms with Gasteiger partial charge in [0.05, 0.1) is 13.2 Å². The highest BCUT2D eigenvalue weighted by atomic mass is 16.6. The Morgan fingerprint density at radius 3 is 2.82 bits per heavy atom. The van der Waals surface area contributed by atoms with Gasteiger partial charge in [-0.2, -0.15) is 4.98 Å². The summed E-state index contributed by atoms with van der Waals surface area (Å²) in [5.74, 6) is 0.549. The Kier molecular flexibility index (Phi) is 2.73. The molecule has 0 N–H and O–H groups in total. The van der Waals surface area contributed by atoms with Crippen LogP contribution in [-0.4, -0.2) is 22.0 Å². The van der Waals surface area contributed by atoms with Crippen molar-refractivity contribution in [3.63, 3.8) is 0 Å². The van der Waals surface area contributed by atoms with E-state index in [-0.39, 0.29) is 17.5 Å². The van der Waals surface area contributed by atoms with Gasteiger partial charge in [0, 0.05) is 11.8 Å². The summed E-state index contributed by atoms with van der Waals surface area (Å²) in [5.41, 5.74) is 0.775. The molecule has 0 bridgehead atoms. The van der Waals surface area contributed by atoms with Crippen molar-refractivity contribution in [1.82, 2.24) is 9.97 Å². The Morgan fingerprint density at radius 1 is 1.47 bits per heavy atom. The van der Waals surface area contributed by atoms with Gasteiger partial charge in [0.25, 0.3) is 0 Å². The van der Waals surface area contributed by atoms with Crippen LogP contribution in [0.4, 0.5) is 5.88 Å². The van der Waals surface area contributed by atoms with E-state index in [1.165, 1.54) is 19.2 Å². The quantitative estimate of drug-likeness (QED) is 0.596. The molecule has 0 saturated carbocycles. The molecule has 7 nitrogen and oxygen atoms in total. The summed E-state index contributed by atoms with van der Waals surface area (Å²) in [6, 6.07) is 2.70. The summed E-state index contributed by atoms with van der Waals surface area (Å²) in [5, 5.41) is 10.5. The summed E-state index contributed by atoms with van der Waals surface area (Å²) in [4.78, 5) is 18.0. The molecule has 0 aliphatic rings. The number of rotatable bonds is 3. The van der Waals surface area contributed by atoms with Crippen LogP contribution in [0, 0.1) is 17.0 Å². The predicted molar refractivity (Wildman–Crippen MR) is 57.7 cm³/mol. The van der Waals surface area contributed by atoms with Gasteiger partial charge in [0.2, 0.25) is 5.88 Å². The molecule has 17 heavy (non-hydrogen) atoms. The number of methoxy groups -OCH3 is 1. The largest absolute Gasteiger partial charge is 0.481 e. The van der Waals surface area contributed by atoms with Gasteiger partial charge in [-0.1, -0.05) is 0 Å². The zero-order chi connectivity index (χ0) is 12.4. The van der Waals surface area contributed by atoms with E-state index >= 15 is 0 Å². The second-order valence-electron chi connectivity index (χ2n) is 3.28. The SMILES string of the molecule is COc1nc(-c2ccc([N+](=O)[O-])o2)ncc1C. The van der Waals surface area contributed by atoms with Gasteiger partial charge < -0.3 is 9.15 Å². The zero-order valence-corrected chi connectivity index (χ0v) is 9.21. The molecule has 0 atom stereocenters. The predicted octanol–water partition coefficient (Wildman–Crippen LogP) is 1.96. The number of hydrogen-bond donors (Lipinski definition) is 0. The molecule has 7 heteroatoms. The lowest BCUT2D eigenvalue weighted by atomic mass is 10.3. The monoisotopic (exact) mass is 235 g/mol. The molecule has 0 radical (unpaired) electrons. The molecule has 2 heterocycles. The van der Waals surface area contributed by atoms with Crippen molar-refractivity contribution in [3.8, 4) is 17.5 Å². The lowest BCUT2D eigenvalue weighted by Crippen LogP contribution is -1.95. The second kappa shape index (κ2) is 4.20. The maximum atomic E-state index is 10.5. The van der Waals surface area contributed by atoms with Crippen molar-refractivity contribution in [2.45, 2.75) is 6.92 Å². The number of furan rings is 1. The second-order valence-corrected chi connectivity index (χ2v) is 3.28. The van der Waals surface area contributed by atoms with Crippen molar-refractivity contribution in [2.24, 2.45) is 0 Å². The first-order valence-electron chi connectivity index (χ1n) is 4.74. The third-order valence-electron chi connectivity index (χ3n) is 2.11. The smallest absolute Gasteiger partial charge is 0.433 e. The number of nitrogens with zero attached hydrogens (tertiary/aromatic N) is 3. The minimum atomic E-state index is -0.616. The fourth-order valence-corrected chi connectivity index (χ4v) is 1.30. The van der Waals surface area contributed by atoms with Crippen LogP contribution < -0.4 is 4.74 Å². The maximum Gasteiger partial charge on any atom is 0.433 e. The fraction of sp³-hybridized carbons (Fsp3) is 0.200. The lowest BCUT2D eigenvalue weighted by Gasteiger charge is -2.03. The van der Waals surface area contributed by atoms with Gasteiger partial charge >= 0.3 is 5.88 Å². The third kappa shape index (κ3) is 2.07.